The summed E-state index contributed by atoms with van der Waals surface area (Å²) in [5.74, 6) is 1.35. The molecular weight excluding hydrogens is 471 g/mol. The summed E-state index contributed by atoms with van der Waals surface area (Å²) < 4.78 is 82.3. The average Bonchev–Trinajstić information content (AvgIpc) is 2.82. The molecule has 3 aromatic rings. The van der Waals surface area contributed by atoms with E-state index in [1.807, 2.05) is 0 Å². The zero-order valence-electron chi connectivity index (χ0n) is 18.5. The third-order valence-electron chi connectivity index (χ3n) is 4.84. The van der Waals surface area contributed by atoms with E-state index in [0.717, 1.165) is 24.3 Å². The van der Waals surface area contributed by atoms with Crippen LogP contribution in [0, 0.1) is 0 Å². The van der Waals surface area contributed by atoms with E-state index in [4.69, 9.17) is 14.2 Å². The standard InChI is InChI=1S/C24H22F3NO5S/c1-31-21-14-16(15-22(32-2)23(21)33-3)8-9-17-6-4-5-7-20(17)28-34(29,30)19-12-10-18(11-13-19)24(25,26)27/h4-15,28H,1-3H3. The molecule has 10 heteroatoms. The number of halogens is 3. The molecule has 0 saturated carbocycles. The van der Waals surface area contributed by atoms with Crippen LogP contribution >= 0.6 is 0 Å². The predicted octanol–water partition coefficient (Wildman–Crippen LogP) is 5.70. The van der Waals surface area contributed by atoms with E-state index < -0.39 is 21.8 Å². The highest BCUT2D eigenvalue weighted by molar-refractivity contribution is 7.92. The molecule has 0 atom stereocenters. The van der Waals surface area contributed by atoms with E-state index in [2.05, 4.69) is 4.72 Å². The Bertz CT molecular complexity index is 1260. The molecule has 0 radical (unpaired) electrons. The fourth-order valence-electron chi connectivity index (χ4n) is 3.15. The second-order valence-electron chi connectivity index (χ2n) is 7.01. The summed E-state index contributed by atoms with van der Waals surface area (Å²) in [4.78, 5) is -0.288. The maximum Gasteiger partial charge on any atom is 0.416 e. The van der Waals surface area contributed by atoms with Crippen LogP contribution in [0.2, 0.25) is 0 Å². The normalized spacial score (nSPS) is 11.9. The first-order valence-electron chi connectivity index (χ1n) is 9.86. The number of methoxy groups -OCH3 is 3. The molecule has 1 N–H and O–H groups in total. The zero-order valence-corrected chi connectivity index (χ0v) is 19.3. The van der Waals surface area contributed by atoms with Gasteiger partial charge >= 0.3 is 6.18 Å². The van der Waals surface area contributed by atoms with E-state index in [1.54, 1.807) is 48.6 Å². The third kappa shape index (κ3) is 5.63. The number of anilines is 1. The lowest BCUT2D eigenvalue weighted by Gasteiger charge is -2.13. The lowest BCUT2D eigenvalue weighted by atomic mass is 10.1. The fraction of sp³-hybridized carbons (Fsp3) is 0.167. The van der Waals surface area contributed by atoms with Crippen molar-refractivity contribution < 1.29 is 35.8 Å². The Morgan fingerprint density at radius 3 is 1.94 bits per heavy atom. The summed E-state index contributed by atoms with van der Waals surface area (Å²) in [5.41, 5.74) is 0.563. The molecule has 0 aliphatic heterocycles. The van der Waals surface area contributed by atoms with Gasteiger partial charge in [-0.2, -0.15) is 13.2 Å². The Balaban J connectivity index is 1.90. The van der Waals surface area contributed by atoms with Crippen LogP contribution in [-0.2, 0) is 16.2 Å². The van der Waals surface area contributed by atoms with Crippen LogP contribution in [0.15, 0.2) is 65.6 Å². The summed E-state index contributed by atoms with van der Waals surface area (Å²) in [5, 5.41) is 0. The molecule has 0 aliphatic carbocycles. The summed E-state index contributed by atoms with van der Waals surface area (Å²) >= 11 is 0. The number of hydrogen-bond acceptors (Lipinski definition) is 5. The Morgan fingerprint density at radius 1 is 0.824 bits per heavy atom. The first-order chi connectivity index (χ1) is 16.1. The van der Waals surface area contributed by atoms with Gasteiger partial charge in [-0.1, -0.05) is 30.4 Å². The van der Waals surface area contributed by atoms with E-state index in [-0.39, 0.29) is 10.6 Å². The van der Waals surface area contributed by atoms with Crippen molar-refractivity contribution in [3.05, 3.63) is 77.4 Å². The van der Waals surface area contributed by atoms with E-state index in [9.17, 15) is 21.6 Å². The fourth-order valence-corrected chi connectivity index (χ4v) is 4.23. The highest BCUT2D eigenvalue weighted by Gasteiger charge is 2.30. The number of benzene rings is 3. The van der Waals surface area contributed by atoms with Gasteiger partial charge in [0.05, 0.1) is 37.5 Å². The molecule has 0 unspecified atom stereocenters. The van der Waals surface area contributed by atoms with Crippen molar-refractivity contribution in [2.24, 2.45) is 0 Å². The maximum absolute atomic E-state index is 12.8. The molecule has 0 fully saturated rings. The van der Waals surface area contributed by atoms with Gasteiger partial charge < -0.3 is 14.2 Å². The van der Waals surface area contributed by atoms with E-state index >= 15 is 0 Å². The topological polar surface area (TPSA) is 73.9 Å². The van der Waals surface area contributed by atoms with Crippen LogP contribution in [-0.4, -0.2) is 29.7 Å². The molecule has 0 heterocycles. The van der Waals surface area contributed by atoms with Crippen LogP contribution in [0.25, 0.3) is 12.2 Å². The van der Waals surface area contributed by atoms with Crippen molar-refractivity contribution in [2.75, 3.05) is 26.1 Å². The minimum atomic E-state index is -4.56. The molecule has 0 amide bonds. The van der Waals surface area contributed by atoms with E-state index in [1.165, 1.54) is 21.3 Å². The van der Waals surface area contributed by atoms with Crippen molar-refractivity contribution in [3.8, 4) is 17.2 Å². The number of sulfonamides is 1. The van der Waals surface area contributed by atoms with Gasteiger partial charge in [-0.05, 0) is 53.6 Å². The number of hydrogen-bond donors (Lipinski definition) is 1. The largest absolute Gasteiger partial charge is 0.493 e. The summed E-state index contributed by atoms with van der Waals surface area (Å²) in [7, 11) is 0.368. The SMILES string of the molecule is COc1cc(C=Cc2ccccc2NS(=O)(=O)c2ccc(C(F)(F)F)cc2)cc(OC)c1OC. The number of rotatable bonds is 8. The van der Waals surface area contributed by atoms with Gasteiger partial charge in [0.1, 0.15) is 0 Å². The maximum atomic E-state index is 12.8. The van der Waals surface area contributed by atoms with Gasteiger partial charge in [0, 0.05) is 0 Å². The number of para-hydroxylation sites is 1. The van der Waals surface area contributed by atoms with E-state index in [0.29, 0.717) is 28.4 Å². The van der Waals surface area contributed by atoms with Crippen LogP contribution in [0.1, 0.15) is 16.7 Å². The van der Waals surface area contributed by atoms with Gasteiger partial charge in [0.2, 0.25) is 5.75 Å². The summed E-state index contributed by atoms with van der Waals surface area (Å²) in [6.07, 6.45) is -1.14. The Morgan fingerprint density at radius 2 is 1.41 bits per heavy atom. The van der Waals surface area contributed by atoms with Crippen LogP contribution < -0.4 is 18.9 Å². The molecule has 0 aromatic heterocycles. The van der Waals surface area contributed by atoms with Crippen LogP contribution in [0.4, 0.5) is 18.9 Å². The Labute approximate surface area is 195 Å². The Kier molecular flexibility index (Phi) is 7.41. The monoisotopic (exact) mass is 493 g/mol. The van der Waals surface area contributed by atoms with Gasteiger partial charge in [0.25, 0.3) is 10.0 Å². The minimum absolute atomic E-state index is 0.256. The Hall–Kier alpha value is -3.66. The molecule has 180 valence electrons. The van der Waals surface area contributed by atoms with Gasteiger partial charge in [-0.15, -0.1) is 0 Å². The highest BCUT2D eigenvalue weighted by Crippen LogP contribution is 2.38. The predicted molar refractivity (Wildman–Crippen MR) is 124 cm³/mol. The van der Waals surface area contributed by atoms with Crippen LogP contribution in [0.5, 0.6) is 17.2 Å². The molecule has 0 spiro atoms. The average molecular weight is 494 g/mol. The van der Waals surface area contributed by atoms with Gasteiger partial charge in [0.15, 0.2) is 11.5 Å². The van der Waals surface area contributed by atoms with Crippen molar-refractivity contribution in [1.82, 2.24) is 0 Å². The molecule has 34 heavy (non-hydrogen) atoms. The smallest absolute Gasteiger partial charge is 0.416 e. The lowest BCUT2D eigenvalue weighted by Crippen LogP contribution is -2.14. The first-order valence-corrected chi connectivity index (χ1v) is 11.3. The number of alkyl halides is 3. The zero-order chi connectivity index (χ0) is 24.9. The molecular formula is C24H22F3NO5S. The van der Waals surface area contributed by atoms with Crippen molar-refractivity contribution in [2.45, 2.75) is 11.1 Å². The molecule has 0 aliphatic rings. The molecule has 6 nitrogen and oxygen atoms in total. The summed E-state index contributed by atoms with van der Waals surface area (Å²) in [6, 6.07) is 13.4. The number of ether oxygens (including phenoxy) is 3. The number of nitrogens with one attached hydrogen (secondary N) is 1. The summed E-state index contributed by atoms with van der Waals surface area (Å²) in [6.45, 7) is 0. The third-order valence-corrected chi connectivity index (χ3v) is 6.22. The first kappa shape index (κ1) is 25.0. The molecule has 3 aromatic carbocycles. The van der Waals surface area contributed by atoms with Gasteiger partial charge in [-0.3, -0.25) is 4.72 Å². The quantitative estimate of drug-likeness (QED) is 0.408. The van der Waals surface area contributed by atoms with Crippen molar-refractivity contribution in [1.29, 1.82) is 0 Å². The molecule has 0 bridgehead atoms. The second-order valence-corrected chi connectivity index (χ2v) is 8.69. The van der Waals surface area contributed by atoms with Crippen molar-refractivity contribution >= 4 is 27.9 Å². The molecule has 3 rings (SSSR count). The second kappa shape index (κ2) is 10.1. The van der Waals surface area contributed by atoms with Crippen molar-refractivity contribution in [3.63, 3.8) is 0 Å². The van der Waals surface area contributed by atoms with Gasteiger partial charge in [-0.25, -0.2) is 8.42 Å². The lowest BCUT2D eigenvalue weighted by molar-refractivity contribution is -0.137. The van der Waals surface area contributed by atoms with Crippen LogP contribution in [0.3, 0.4) is 0 Å². The highest BCUT2D eigenvalue weighted by atomic mass is 32.2. The molecule has 0 saturated heterocycles. The minimum Gasteiger partial charge on any atom is -0.493 e.